The van der Waals surface area contributed by atoms with Crippen molar-refractivity contribution < 1.29 is 26.2 Å². The first kappa shape index (κ1) is 18.5. The fraction of sp³-hybridized carbons (Fsp3) is 0.500. The standard InChI is InChI=1S/C7H18N3.C5H5.Zr/c1-8(2)7(9(3)4)10(5)6;1-2-4-5-3-1;/h1-6H3;1-5H;/q2*-1;+2. The Kier molecular flexibility index (Phi) is 11.9. The molecule has 0 aliphatic carbocycles. The Morgan fingerprint density at radius 1 is 0.750 bits per heavy atom. The van der Waals surface area contributed by atoms with Crippen LogP contribution in [-0.2, 0) is 26.2 Å². The van der Waals surface area contributed by atoms with E-state index in [2.05, 4.69) is 14.7 Å². The summed E-state index contributed by atoms with van der Waals surface area (Å²) in [4.78, 5) is 6.25. The Balaban J connectivity index is 0. The van der Waals surface area contributed by atoms with Gasteiger partial charge in [-0.1, -0.05) is 0 Å². The summed E-state index contributed by atoms with van der Waals surface area (Å²) in [6.45, 7) is 0. The minimum atomic E-state index is 0. The molecule has 0 heterocycles. The molecule has 1 rings (SSSR count). The van der Waals surface area contributed by atoms with Crippen LogP contribution in [0.15, 0.2) is 30.3 Å². The summed E-state index contributed by atoms with van der Waals surface area (Å²) in [5, 5.41) is 0. The first-order valence-electron chi connectivity index (χ1n) is 5.02. The zero-order chi connectivity index (χ0) is 11.8. The van der Waals surface area contributed by atoms with E-state index in [1.807, 2.05) is 72.6 Å². The summed E-state index contributed by atoms with van der Waals surface area (Å²) in [5.74, 6) is 0. The first-order valence-corrected chi connectivity index (χ1v) is 5.02. The van der Waals surface area contributed by atoms with E-state index in [0.717, 1.165) is 0 Å². The van der Waals surface area contributed by atoms with Crippen molar-refractivity contribution in [3.8, 4) is 0 Å². The third kappa shape index (κ3) is 8.29. The smallest absolute Gasteiger partial charge is 0.431 e. The van der Waals surface area contributed by atoms with E-state index in [0.29, 0.717) is 0 Å². The molecule has 0 N–H and O–H groups in total. The summed E-state index contributed by atoms with van der Waals surface area (Å²) in [5.41, 5.74) is 0. The molecule has 0 bridgehead atoms. The van der Waals surface area contributed by atoms with Crippen molar-refractivity contribution in [2.75, 3.05) is 42.3 Å². The van der Waals surface area contributed by atoms with Gasteiger partial charge in [0.25, 0.3) is 0 Å². The van der Waals surface area contributed by atoms with E-state index in [1.54, 1.807) is 0 Å². The topological polar surface area (TPSA) is 9.72 Å². The monoisotopic (exact) mass is 299 g/mol. The van der Waals surface area contributed by atoms with Gasteiger partial charge in [-0.3, -0.25) is 0 Å². The van der Waals surface area contributed by atoms with Crippen LogP contribution in [0.4, 0.5) is 0 Å². The number of rotatable bonds is 3. The van der Waals surface area contributed by atoms with Crippen molar-refractivity contribution in [1.82, 2.24) is 14.7 Å². The third-order valence-electron chi connectivity index (χ3n) is 1.76. The number of hydrogen-bond donors (Lipinski definition) is 0. The molecule has 0 fully saturated rings. The Bertz CT molecular complexity index is 184. The molecule has 0 saturated carbocycles. The molecule has 3 nitrogen and oxygen atoms in total. The molecule has 4 heteroatoms. The fourth-order valence-electron chi connectivity index (χ4n) is 1.52. The van der Waals surface area contributed by atoms with Gasteiger partial charge in [-0.2, -0.15) is 18.2 Å². The van der Waals surface area contributed by atoms with E-state index >= 15 is 0 Å². The number of hydrogen-bond acceptors (Lipinski definition) is 3. The van der Waals surface area contributed by atoms with E-state index in [-0.39, 0.29) is 26.2 Å². The van der Waals surface area contributed by atoms with E-state index in [9.17, 15) is 0 Å². The Hall–Kier alpha value is 0.113. The molecular weight excluding hydrogens is 277 g/mol. The van der Waals surface area contributed by atoms with E-state index < -0.39 is 0 Å². The molecular formula is C12H23N3Zr. The quantitative estimate of drug-likeness (QED) is 0.784. The molecule has 16 heavy (non-hydrogen) atoms. The third-order valence-corrected chi connectivity index (χ3v) is 1.76. The van der Waals surface area contributed by atoms with Gasteiger partial charge in [0, 0.05) is 0 Å². The molecule has 1 aromatic rings. The van der Waals surface area contributed by atoms with Gasteiger partial charge in [0.05, 0.1) is 0 Å². The van der Waals surface area contributed by atoms with Gasteiger partial charge in [0.15, 0.2) is 0 Å². The van der Waals surface area contributed by atoms with Crippen LogP contribution in [0.2, 0.25) is 0 Å². The van der Waals surface area contributed by atoms with Gasteiger partial charge in [0.1, 0.15) is 0 Å². The predicted molar refractivity (Wildman–Crippen MR) is 66.3 cm³/mol. The summed E-state index contributed by atoms with van der Waals surface area (Å²) < 4.78 is 0. The SMILES string of the molecule is CN(C)[C-](N(C)C)N(C)C.[Zr+2].c1cc[cH-]c1. The Morgan fingerprint density at radius 3 is 1.12 bits per heavy atom. The summed E-state index contributed by atoms with van der Waals surface area (Å²) in [6.07, 6.45) is 1.19. The van der Waals surface area contributed by atoms with Crippen LogP contribution in [0.5, 0.6) is 0 Å². The van der Waals surface area contributed by atoms with Crippen LogP contribution in [-0.4, -0.2) is 57.0 Å². The maximum atomic E-state index is 2.08. The van der Waals surface area contributed by atoms with Crippen LogP contribution >= 0.6 is 0 Å². The van der Waals surface area contributed by atoms with E-state index in [4.69, 9.17) is 0 Å². The maximum Gasteiger partial charge on any atom is 2.00 e. The summed E-state index contributed by atoms with van der Waals surface area (Å²) >= 11 is 0. The van der Waals surface area contributed by atoms with Crippen molar-refractivity contribution in [2.24, 2.45) is 0 Å². The minimum absolute atomic E-state index is 0. The average Bonchev–Trinajstić information content (AvgIpc) is 2.56. The molecule has 0 unspecified atom stereocenters. The van der Waals surface area contributed by atoms with Crippen molar-refractivity contribution in [2.45, 2.75) is 0 Å². The van der Waals surface area contributed by atoms with Crippen molar-refractivity contribution >= 4 is 0 Å². The molecule has 0 amide bonds. The molecule has 90 valence electrons. The first-order chi connectivity index (χ1) is 6.96. The predicted octanol–water partition coefficient (Wildman–Crippen LogP) is 1.52. The van der Waals surface area contributed by atoms with Crippen molar-refractivity contribution in [1.29, 1.82) is 0 Å². The normalized spacial score (nSPS) is 10.4. The Labute approximate surface area is 120 Å². The zero-order valence-electron chi connectivity index (χ0n) is 11.2. The van der Waals surface area contributed by atoms with Crippen LogP contribution < -0.4 is 0 Å². The van der Waals surface area contributed by atoms with Gasteiger partial charge >= 0.3 is 26.2 Å². The number of nitrogens with zero attached hydrogens (tertiary/aromatic N) is 3. The second-order valence-corrected chi connectivity index (χ2v) is 3.95. The van der Waals surface area contributed by atoms with Gasteiger partial charge in [-0.25, -0.2) is 12.1 Å². The van der Waals surface area contributed by atoms with Crippen molar-refractivity contribution in [3.63, 3.8) is 0 Å². The van der Waals surface area contributed by atoms with Gasteiger partial charge in [-0.15, -0.1) is 6.29 Å². The van der Waals surface area contributed by atoms with Crippen LogP contribution in [0.3, 0.4) is 0 Å². The van der Waals surface area contributed by atoms with Gasteiger partial charge < -0.3 is 14.7 Å². The van der Waals surface area contributed by atoms with Crippen LogP contribution in [0.25, 0.3) is 0 Å². The maximum absolute atomic E-state index is 2.08. The fourth-order valence-corrected chi connectivity index (χ4v) is 1.52. The Morgan fingerprint density at radius 2 is 1.06 bits per heavy atom. The van der Waals surface area contributed by atoms with Gasteiger partial charge in [0.2, 0.25) is 0 Å². The molecule has 0 aliphatic rings. The second kappa shape index (κ2) is 10.3. The largest absolute Gasteiger partial charge is 2.00 e. The second-order valence-electron chi connectivity index (χ2n) is 3.95. The zero-order valence-corrected chi connectivity index (χ0v) is 13.7. The van der Waals surface area contributed by atoms with Crippen LogP contribution in [0.1, 0.15) is 0 Å². The van der Waals surface area contributed by atoms with E-state index in [1.165, 1.54) is 6.29 Å². The molecule has 0 aliphatic heterocycles. The van der Waals surface area contributed by atoms with Crippen LogP contribution in [0, 0.1) is 6.29 Å². The summed E-state index contributed by atoms with van der Waals surface area (Å²) in [6, 6.07) is 10.0. The van der Waals surface area contributed by atoms with Gasteiger partial charge in [-0.05, 0) is 42.3 Å². The molecule has 0 saturated heterocycles. The molecule has 1 aromatic carbocycles. The average molecular weight is 301 g/mol. The minimum Gasteiger partial charge on any atom is -0.431 e. The molecule has 0 atom stereocenters. The molecule has 0 aromatic heterocycles. The molecule has 0 spiro atoms. The van der Waals surface area contributed by atoms with Crippen molar-refractivity contribution in [3.05, 3.63) is 36.6 Å². The summed E-state index contributed by atoms with van der Waals surface area (Å²) in [7, 11) is 12.2. The molecule has 0 radical (unpaired) electrons.